The standard InChI is InChI=1S/C10H17F3O2Si/c11-10(12,13)16(7-8-16)6-5-15-9-3-1-2-4-14-9/h9H,1-8H2/t9-/m0/s1. The lowest BCUT2D eigenvalue weighted by Crippen LogP contribution is -2.38. The van der Waals surface area contributed by atoms with Gasteiger partial charge in [-0.1, -0.05) is 12.1 Å². The summed E-state index contributed by atoms with van der Waals surface area (Å²) in [5.41, 5.74) is 0. The van der Waals surface area contributed by atoms with Gasteiger partial charge >= 0.3 is 5.80 Å². The molecule has 2 fully saturated rings. The van der Waals surface area contributed by atoms with E-state index in [1.54, 1.807) is 0 Å². The normalized spacial score (nSPS) is 29.1. The van der Waals surface area contributed by atoms with E-state index in [9.17, 15) is 13.2 Å². The maximum absolute atomic E-state index is 12.6. The smallest absolute Gasteiger partial charge is 0.353 e. The van der Waals surface area contributed by atoms with E-state index < -0.39 is 13.9 Å². The molecular weight excluding hydrogens is 237 g/mol. The Labute approximate surface area is 94.1 Å². The summed E-state index contributed by atoms with van der Waals surface area (Å²) in [6, 6.07) is 1.01. The van der Waals surface area contributed by atoms with Crippen LogP contribution in [0.15, 0.2) is 0 Å². The molecule has 0 aromatic carbocycles. The maximum atomic E-state index is 12.6. The summed E-state index contributed by atoms with van der Waals surface area (Å²) < 4.78 is 48.6. The SMILES string of the molecule is FC(F)(F)[Si]1(CCO[C@H]2CCCCO2)CC1. The van der Waals surface area contributed by atoms with Gasteiger partial charge in [0.2, 0.25) is 0 Å². The van der Waals surface area contributed by atoms with E-state index in [1.165, 1.54) is 0 Å². The summed E-state index contributed by atoms with van der Waals surface area (Å²) in [6.07, 6.45) is 2.64. The zero-order chi connectivity index (χ0) is 11.6. The fourth-order valence-electron chi connectivity index (χ4n) is 2.05. The second-order valence-corrected chi connectivity index (χ2v) is 9.32. The van der Waals surface area contributed by atoms with Crippen LogP contribution in [-0.4, -0.2) is 33.4 Å². The predicted octanol–water partition coefficient (Wildman–Crippen LogP) is 3.09. The van der Waals surface area contributed by atoms with E-state index in [4.69, 9.17) is 9.47 Å². The summed E-state index contributed by atoms with van der Waals surface area (Å²) in [6.45, 7) is 0.892. The van der Waals surface area contributed by atoms with E-state index in [0.717, 1.165) is 19.3 Å². The number of ether oxygens (including phenoxy) is 2. The third-order valence-corrected chi connectivity index (χ3v) is 7.55. The lowest BCUT2D eigenvalue weighted by Gasteiger charge is -2.24. The Hall–Kier alpha value is -0.0731. The van der Waals surface area contributed by atoms with Crippen molar-refractivity contribution < 1.29 is 22.6 Å². The molecule has 0 spiro atoms. The van der Waals surface area contributed by atoms with Crippen LogP contribution in [0, 0.1) is 0 Å². The molecule has 94 valence electrons. The van der Waals surface area contributed by atoms with Gasteiger partial charge < -0.3 is 9.47 Å². The van der Waals surface area contributed by atoms with Crippen LogP contribution in [0.25, 0.3) is 0 Å². The highest BCUT2D eigenvalue weighted by molar-refractivity contribution is 6.90. The van der Waals surface area contributed by atoms with Crippen LogP contribution >= 0.6 is 0 Å². The van der Waals surface area contributed by atoms with Gasteiger partial charge in [0.05, 0.1) is 0 Å². The number of hydrogen-bond donors (Lipinski definition) is 0. The molecule has 0 aliphatic carbocycles. The zero-order valence-electron chi connectivity index (χ0n) is 9.18. The van der Waals surface area contributed by atoms with Crippen LogP contribution in [0.5, 0.6) is 0 Å². The lowest BCUT2D eigenvalue weighted by molar-refractivity contribution is -0.160. The van der Waals surface area contributed by atoms with Gasteiger partial charge in [-0.2, -0.15) is 13.2 Å². The van der Waals surface area contributed by atoms with Crippen LogP contribution in [-0.2, 0) is 9.47 Å². The van der Waals surface area contributed by atoms with Gasteiger partial charge in [-0.15, -0.1) is 0 Å². The minimum Gasteiger partial charge on any atom is -0.353 e. The highest BCUT2D eigenvalue weighted by Crippen LogP contribution is 2.51. The average molecular weight is 254 g/mol. The third kappa shape index (κ3) is 2.78. The molecule has 2 nitrogen and oxygen atoms in total. The summed E-state index contributed by atoms with van der Waals surface area (Å²) >= 11 is 0. The van der Waals surface area contributed by atoms with Crippen molar-refractivity contribution in [2.24, 2.45) is 0 Å². The molecule has 2 aliphatic heterocycles. The Bertz CT molecular complexity index is 235. The molecule has 2 rings (SSSR count). The molecular formula is C10H17F3O2Si. The molecule has 0 radical (unpaired) electrons. The van der Waals surface area contributed by atoms with Gasteiger partial charge in [-0.25, -0.2) is 0 Å². The minimum absolute atomic E-state index is 0.219. The van der Waals surface area contributed by atoms with Crippen LogP contribution < -0.4 is 0 Å². The average Bonchev–Trinajstić information content (AvgIpc) is 3.00. The summed E-state index contributed by atoms with van der Waals surface area (Å²) in [4.78, 5) is 0. The first-order valence-electron chi connectivity index (χ1n) is 5.83. The highest BCUT2D eigenvalue weighted by atomic mass is 28.3. The van der Waals surface area contributed by atoms with Crippen molar-refractivity contribution in [1.29, 1.82) is 0 Å². The second-order valence-electron chi connectivity index (χ2n) is 4.70. The molecule has 0 amide bonds. The minimum atomic E-state index is -3.93. The zero-order valence-corrected chi connectivity index (χ0v) is 10.2. The number of halogens is 3. The second kappa shape index (κ2) is 4.66. The number of rotatable bonds is 4. The first-order chi connectivity index (χ1) is 7.54. The molecule has 0 N–H and O–H groups in total. The summed E-state index contributed by atoms with van der Waals surface area (Å²) in [5.74, 6) is -3.93. The molecule has 0 unspecified atom stereocenters. The van der Waals surface area contributed by atoms with Crippen molar-refractivity contribution in [2.75, 3.05) is 13.2 Å². The van der Waals surface area contributed by atoms with E-state index >= 15 is 0 Å². The van der Waals surface area contributed by atoms with Crippen LogP contribution in [0.3, 0.4) is 0 Å². The van der Waals surface area contributed by atoms with Crippen molar-refractivity contribution >= 4 is 8.07 Å². The lowest BCUT2D eigenvalue weighted by atomic mass is 10.2. The summed E-state index contributed by atoms with van der Waals surface area (Å²) in [5, 5.41) is 0. The number of hydrogen-bond acceptors (Lipinski definition) is 2. The molecule has 0 bridgehead atoms. The van der Waals surface area contributed by atoms with E-state index in [2.05, 4.69) is 0 Å². The van der Waals surface area contributed by atoms with Crippen molar-refractivity contribution in [3.05, 3.63) is 0 Å². The Balaban J connectivity index is 1.68. The van der Waals surface area contributed by atoms with Crippen molar-refractivity contribution in [1.82, 2.24) is 0 Å². The molecule has 1 atom stereocenters. The molecule has 2 saturated heterocycles. The van der Waals surface area contributed by atoms with Crippen LogP contribution in [0.2, 0.25) is 18.1 Å². The molecule has 6 heteroatoms. The molecule has 2 aliphatic rings. The molecule has 0 aromatic heterocycles. The molecule has 16 heavy (non-hydrogen) atoms. The van der Waals surface area contributed by atoms with Crippen molar-refractivity contribution in [3.8, 4) is 0 Å². The van der Waals surface area contributed by atoms with Crippen LogP contribution in [0.1, 0.15) is 19.3 Å². The van der Waals surface area contributed by atoms with E-state index in [1.807, 2.05) is 0 Å². The third-order valence-electron chi connectivity index (χ3n) is 3.48. The number of alkyl halides is 3. The molecule has 0 aromatic rings. The van der Waals surface area contributed by atoms with Gasteiger partial charge in [0, 0.05) is 13.2 Å². The highest BCUT2D eigenvalue weighted by Gasteiger charge is 2.65. The Morgan fingerprint density at radius 3 is 2.50 bits per heavy atom. The first kappa shape index (κ1) is 12.4. The molecule has 2 heterocycles. The van der Waals surface area contributed by atoms with E-state index in [0.29, 0.717) is 18.7 Å². The topological polar surface area (TPSA) is 18.5 Å². The van der Waals surface area contributed by atoms with Gasteiger partial charge in [-0.05, 0) is 25.3 Å². The maximum Gasteiger partial charge on any atom is 0.361 e. The largest absolute Gasteiger partial charge is 0.361 e. The van der Waals surface area contributed by atoms with Crippen molar-refractivity contribution in [2.45, 2.75) is 49.5 Å². The fourth-order valence-corrected chi connectivity index (χ4v) is 5.12. The van der Waals surface area contributed by atoms with E-state index in [-0.39, 0.29) is 18.9 Å². The Morgan fingerprint density at radius 2 is 2.00 bits per heavy atom. The van der Waals surface area contributed by atoms with Gasteiger partial charge in [-0.3, -0.25) is 0 Å². The van der Waals surface area contributed by atoms with Gasteiger partial charge in [0.15, 0.2) is 14.4 Å². The monoisotopic (exact) mass is 254 g/mol. The Kier molecular flexibility index (Phi) is 3.61. The summed E-state index contributed by atoms with van der Waals surface area (Å²) in [7, 11) is -2.92. The van der Waals surface area contributed by atoms with Gasteiger partial charge in [0.1, 0.15) is 0 Å². The fraction of sp³-hybridized carbons (Fsp3) is 1.00. The predicted molar refractivity (Wildman–Crippen MR) is 55.8 cm³/mol. The molecule has 0 saturated carbocycles. The van der Waals surface area contributed by atoms with Gasteiger partial charge in [0.25, 0.3) is 0 Å². The van der Waals surface area contributed by atoms with Crippen molar-refractivity contribution in [3.63, 3.8) is 0 Å². The first-order valence-corrected chi connectivity index (χ1v) is 8.46. The quantitative estimate of drug-likeness (QED) is 0.718. The van der Waals surface area contributed by atoms with Crippen LogP contribution in [0.4, 0.5) is 13.2 Å². The Morgan fingerprint density at radius 1 is 1.25 bits per heavy atom.